The summed E-state index contributed by atoms with van der Waals surface area (Å²) in [4.78, 5) is 12.4. The second-order valence-corrected chi connectivity index (χ2v) is 4.50. The lowest BCUT2D eigenvalue weighted by Gasteiger charge is -2.09. The minimum absolute atomic E-state index is 0.240. The van der Waals surface area contributed by atoms with Gasteiger partial charge in [0, 0.05) is 5.56 Å². The summed E-state index contributed by atoms with van der Waals surface area (Å²) in [5.74, 6) is -0.112. The van der Waals surface area contributed by atoms with Crippen molar-refractivity contribution in [2.45, 2.75) is 13.8 Å². The molecule has 0 atom stereocenters. The fraction of sp³-hybridized carbons (Fsp3) is 0.188. The summed E-state index contributed by atoms with van der Waals surface area (Å²) in [6.45, 7) is 3.58. The van der Waals surface area contributed by atoms with E-state index >= 15 is 0 Å². The molecular formula is C16H15FO2. The van der Waals surface area contributed by atoms with Crippen molar-refractivity contribution in [3.05, 3.63) is 64.5 Å². The van der Waals surface area contributed by atoms with Gasteiger partial charge >= 0.3 is 0 Å². The number of carbonyl (C=O) groups is 1. The van der Waals surface area contributed by atoms with E-state index < -0.39 is 0 Å². The second-order valence-electron chi connectivity index (χ2n) is 4.50. The van der Waals surface area contributed by atoms with Gasteiger partial charge in [0.15, 0.2) is 5.78 Å². The van der Waals surface area contributed by atoms with Crippen LogP contribution in [-0.4, -0.2) is 12.9 Å². The summed E-state index contributed by atoms with van der Waals surface area (Å²) in [6.07, 6.45) is 0. The minimum atomic E-state index is -0.378. The molecule has 0 aliphatic heterocycles. The number of ketones is 1. The monoisotopic (exact) mass is 258 g/mol. The number of aryl methyl sites for hydroxylation is 2. The average Bonchev–Trinajstić information content (AvgIpc) is 2.41. The van der Waals surface area contributed by atoms with E-state index in [1.54, 1.807) is 31.2 Å². The van der Waals surface area contributed by atoms with Crippen molar-refractivity contribution >= 4 is 5.78 Å². The van der Waals surface area contributed by atoms with Crippen molar-refractivity contribution in [3.63, 3.8) is 0 Å². The van der Waals surface area contributed by atoms with Gasteiger partial charge in [0.05, 0.1) is 12.7 Å². The van der Waals surface area contributed by atoms with Crippen LogP contribution in [0, 0.1) is 19.7 Å². The van der Waals surface area contributed by atoms with E-state index in [4.69, 9.17) is 4.74 Å². The first kappa shape index (κ1) is 13.3. The highest BCUT2D eigenvalue weighted by Crippen LogP contribution is 2.23. The number of rotatable bonds is 3. The first-order valence-corrected chi connectivity index (χ1v) is 5.98. The first-order valence-electron chi connectivity index (χ1n) is 5.98. The Hall–Kier alpha value is -2.16. The number of methoxy groups -OCH3 is 1. The molecule has 0 unspecified atom stereocenters. The molecule has 0 aromatic heterocycles. The number of hydrogen-bond donors (Lipinski definition) is 0. The number of hydrogen-bond acceptors (Lipinski definition) is 2. The molecule has 2 aromatic carbocycles. The maximum Gasteiger partial charge on any atom is 0.196 e. The summed E-state index contributed by atoms with van der Waals surface area (Å²) < 4.78 is 18.7. The van der Waals surface area contributed by atoms with Crippen LogP contribution in [0.25, 0.3) is 0 Å². The highest BCUT2D eigenvalue weighted by Gasteiger charge is 2.15. The van der Waals surface area contributed by atoms with E-state index in [0.29, 0.717) is 22.4 Å². The van der Waals surface area contributed by atoms with Crippen LogP contribution in [0.5, 0.6) is 5.75 Å². The molecule has 3 heteroatoms. The van der Waals surface area contributed by atoms with Gasteiger partial charge in [-0.15, -0.1) is 0 Å². The van der Waals surface area contributed by atoms with Gasteiger partial charge in [-0.1, -0.05) is 18.2 Å². The largest absolute Gasteiger partial charge is 0.496 e. The summed E-state index contributed by atoms with van der Waals surface area (Å²) in [7, 11) is 1.52. The number of benzene rings is 2. The van der Waals surface area contributed by atoms with Gasteiger partial charge in [-0.3, -0.25) is 4.79 Å². The van der Waals surface area contributed by atoms with Gasteiger partial charge in [0.25, 0.3) is 0 Å². The van der Waals surface area contributed by atoms with Crippen LogP contribution in [-0.2, 0) is 0 Å². The molecule has 0 N–H and O–H groups in total. The Labute approximate surface area is 111 Å². The van der Waals surface area contributed by atoms with Gasteiger partial charge in [-0.25, -0.2) is 4.39 Å². The standard InChI is InChI=1S/C16H15FO2/c1-10-4-7-13(15(8-10)19-3)16(18)12-6-5-11(2)14(17)9-12/h4-9H,1-3H3. The molecule has 19 heavy (non-hydrogen) atoms. The first-order chi connectivity index (χ1) is 9.02. The number of halogens is 1. The van der Waals surface area contributed by atoms with E-state index in [0.717, 1.165) is 5.56 Å². The number of carbonyl (C=O) groups excluding carboxylic acids is 1. The summed E-state index contributed by atoms with van der Waals surface area (Å²) in [5, 5.41) is 0. The van der Waals surface area contributed by atoms with Gasteiger partial charge in [0.1, 0.15) is 11.6 Å². The van der Waals surface area contributed by atoms with Crippen LogP contribution in [0.4, 0.5) is 4.39 Å². The van der Waals surface area contributed by atoms with Crippen LogP contribution < -0.4 is 4.74 Å². The third-order valence-corrected chi connectivity index (χ3v) is 3.04. The molecule has 0 saturated heterocycles. The quantitative estimate of drug-likeness (QED) is 0.785. The van der Waals surface area contributed by atoms with Gasteiger partial charge < -0.3 is 4.74 Å². The third kappa shape index (κ3) is 2.65. The average molecular weight is 258 g/mol. The van der Waals surface area contributed by atoms with Crippen molar-refractivity contribution in [2.24, 2.45) is 0 Å². The fourth-order valence-electron chi connectivity index (χ4n) is 1.88. The van der Waals surface area contributed by atoms with Gasteiger partial charge in [-0.05, 0) is 43.2 Å². The van der Waals surface area contributed by atoms with Crippen molar-refractivity contribution < 1.29 is 13.9 Å². The Balaban J connectivity index is 2.46. The lowest BCUT2D eigenvalue weighted by Crippen LogP contribution is -2.05. The minimum Gasteiger partial charge on any atom is -0.496 e. The zero-order valence-electron chi connectivity index (χ0n) is 11.2. The molecule has 0 radical (unpaired) electrons. The summed E-state index contributed by atoms with van der Waals surface area (Å²) in [5.41, 5.74) is 2.29. The lowest BCUT2D eigenvalue weighted by molar-refractivity contribution is 0.103. The van der Waals surface area contributed by atoms with E-state index in [1.807, 2.05) is 13.0 Å². The highest BCUT2D eigenvalue weighted by atomic mass is 19.1. The van der Waals surface area contributed by atoms with Crippen LogP contribution in [0.15, 0.2) is 36.4 Å². The molecule has 0 aliphatic carbocycles. The molecular weight excluding hydrogens is 243 g/mol. The molecule has 2 rings (SSSR count). The van der Waals surface area contributed by atoms with E-state index in [1.165, 1.54) is 13.2 Å². The zero-order chi connectivity index (χ0) is 14.0. The Kier molecular flexibility index (Phi) is 3.65. The predicted molar refractivity (Wildman–Crippen MR) is 72.3 cm³/mol. The smallest absolute Gasteiger partial charge is 0.196 e. The molecule has 2 nitrogen and oxygen atoms in total. The molecule has 2 aromatic rings. The topological polar surface area (TPSA) is 26.3 Å². The Bertz CT molecular complexity index is 633. The number of ether oxygens (including phenoxy) is 1. The molecule has 98 valence electrons. The van der Waals surface area contributed by atoms with Crippen LogP contribution in [0.1, 0.15) is 27.0 Å². The molecule has 0 spiro atoms. The molecule has 0 bridgehead atoms. The molecule has 0 aliphatic rings. The lowest BCUT2D eigenvalue weighted by atomic mass is 10.00. The summed E-state index contributed by atoms with van der Waals surface area (Å²) in [6, 6.07) is 9.81. The molecule has 0 amide bonds. The molecule has 0 fully saturated rings. The van der Waals surface area contributed by atoms with Crippen LogP contribution in [0.3, 0.4) is 0 Å². The van der Waals surface area contributed by atoms with Crippen LogP contribution >= 0.6 is 0 Å². The van der Waals surface area contributed by atoms with E-state index in [-0.39, 0.29) is 11.6 Å². The van der Waals surface area contributed by atoms with E-state index in [2.05, 4.69) is 0 Å². The highest BCUT2D eigenvalue weighted by molar-refractivity contribution is 6.10. The maximum atomic E-state index is 13.5. The Morgan fingerprint density at radius 2 is 1.84 bits per heavy atom. The van der Waals surface area contributed by atoms with E-state index in [9.17, 15) is 9.18 Å². The van der Waals surface area contributed by atoms with Crippen molar-refractivity contribution in [3.8, 4) is 5.75 Å². The Morgan fingerprint density at radius 3 is 2.47 bits per heavy atom. The Morgan fingerprint density at radius 1 is 1.11 bits per heavy atom. The van der Waals surface area contributed by atoms with Crippen molar-refractivity contribution in [1.82, 2.24) is 0 Å². The fourth-order valence-corrected chi connectivity index (χ4v) is 1.88. The van der Waals surface area contributed by atoms with Gasteiger partial charge in [-0.2, -0.15) is 0 Å². The molecule has 0 heterocycles. The van der Waals surface area contributed by atoms with Crippen molar-refractivity contribution in [2.75, 3.05) is 7.11 Å². The SMILES string of the molecule is COc1cc(C)ccc1C(=O)c1ccc(C)c(F)c1. The maximum absolute atomic E-state index is 13.5. The normalized spacial score (nSPS) is 10.3. The van der Waals surface area contributed by atoms with Crippen LogP contribution in [0.2, 0.25) is 0 Å². The second kappa shape index (κ2) is 5.22. The van der Waals surface area contributed by atoms with Crippen molar-refractivity contribution in [1.29, 1.82) is 0 Å². The third-order valence-electron chi connectivity index (χ3n) is 3.04. The zero-order valence-corrected chi connectivity index (χ0v) is 11.2. The predicted octanol–water partition coefficient (Wildman–Crippen LogP) is 3.68. The van der Waals surface area contributed by atoms with Gasteiger partial charge in [0.2, 0.25) is 0 Å². The molecule has 0 saturated carbocycles. The summed E-state index contributed by atoms with van der Waals surface area (Å²) >= 11 is 0.